The molecule has 6 nitrogen and oxygen atoms in total. The van der Waals surface area contributed by atoms with E-state index in [4.69, 9.17) is 14.4 Å². The minimum atomic E-state index is -1.05. The lowest BCUT2D eigenvalue weighted by Gasteiger charge is -2.20. The normalized spacial score (nSPS) is 12.2. The van der Waals surface area contributed by atoms with Crippen LogP contribution in [0.25, 0.3) is 11.3 Å². The molecule has 0 aliphatic rings. The van der Waals surface area contributed by atoms with Crippen LogP contribution in [-0.4, -0.2) is 29.0 Å². The maximum atomic E-state index is 10.9. The van der Waals surface area contributed by atoms with Gasteiger partial charge in [0.05, 0.1) is 17.8 Å². The van der Waals surface area contributed by atoms with E-state index in [1.54, 1.807) is 12.3 Å². The number of nitrogens with zero attached hydrogens (tertiary/aromatic N) is 1. The summed E-state index contributed by atoms with van der Waals surface area (Å²) in [6.45, 7) is 4.32. The highest BCUT2D eigenvalue weighted by Crippen LogP contribution is 2.32. The number of carboxylic acid groups (broad SMARTS) is 1. The number of carbonyl (C=O) groups is 1. The van der Waals surface area contributed by atoms with Crippen LogP contribution in [0.15, 0.2) is 39.5 Å². The minimum Gasteiger partial charge on any atom is -0.491 e. The van der Waals surface area contributed by atoms with Crippen molar-refractivity contribution < 1.29 is 19.2 Å². The number of halogens is 1. The molecule has 0 radical (unpaired) electrons. The van der Waals surface area contributed by atoms with Gasteiger partial charge in [0.15, 0.2) is 5.76 Å². The van der Waals surface area contributed by atoms with E-state index >= 15 is 0 Å². The molecular formula is C16H19BrN2O4. The van der Waals surface area contributed by atoms with Crippen LogP contribution < -0.4 is 10.1 Å². The second kappa shape index (κ2) is 8.01. The molecule has 2 N–H and O–H groups in total. The third kappa shape index (κ3) is 5.28. The maximum Gasteiger partial charge on any atom is 0.404 e. The number of ether oxygens (including phenoxy) is 1. The van der Waals surface area contributed by atoms with Crippen LogP contribution in [0.4, 0.5) is 4.79 Å². The Morgan fingerprint density at radius 3 is 2.83 bits per heavy atom. The SMILES string of the molecule is CC(C)CC(COc1ccc(Br)cc1-c1ccno1)NC(=O)O. The Morgan fingerprint density at radius 2 is 2.22 bits per heavy atom. The summed E-state index contributed by atoms with van der Waals surface area (Å²) >= 11 is 3.42. The quantitative estimate of drug-likeness (QED) is 0.750. The van der Waals surface area contributed by atoms with Gasteiger partial charge in [-0.15, -0.1) is 0 Å². The maximum absolute atomic E-state index is 10.9. The van der Waals surface area contributed by atoms with Gasteiger partial charge < -0.3 is 19.7 Å². The Labute approximate surface area is 142 Å². The first-order valence-corrected chi connectivity index (χ1v) is 8.08. The van der Waals surface area contributed by atoms with Crippen LogP contribution in [0.2, 0.25) is 0 Å². The summed E-state index contributed by atoms with van der Waals surface area (Å²) in [6.07, 6.45) is 1.21. The van der Waals surface area contributed by atoms with Crippen LogP contribution in [0.5, 0.6) is 5.75 Å². The van der Waals surface area contributed by atoms with E-state index in [1.807, 2.05) is 32.0 Å². The van der Waals surface area contributed by atoms with E-state index in [9.17, 15) is 4.79 Å². The first-order valence-electron chi connectivity index (χ1n) is 7.28. The molecule has 1 unspecified atom stereocenters. The van der Waals surface area contributed by atoms with Crippen LogP contribution >= 0.6 is 15.9 Å². The van der Waals surface area contributed by atoms with E-state index in [1.165, 1.54) is 0 Å². The van der Waals surface area contributed by atoms with Gasteiger partial charge in [-0.2, -0.15) is 0 Å². The Kier molecular flexibility index (Phi) is 6.04. The highest BCUT2D eigenvalue weighted by Gasteiger charge is 2.16. The van der Waals surface area contributed by atoms with E-state index in [0.717, 1.165) is 10.0 Å². The summed E-state index contributed by atoms with van der Waals surface area (Å²) in [4.78, 5) is 10.9. The molecule has 0 fully saturated rings. The third-order valence-corrected chi connectivity index (χ3v) is 3.66. The van der Waals surface area contributed by atoms with Gasteiger partial charge in [0.1, 0.15) is 12.4 Å². The van der Waals surface area contributed by atoms with Crippen molar-refractivity contribution in [1.82, 2.24) is 10.5 Å². The van der Waals surface area contributed by atoms with Gasteiger partial charge in [0, 0.05) is 10.5 Å². The predicted molar refractivity (Wildman–Crippen MR) is 89.5 cm³/mol. The molecular weight excluding hydrogens is 364 g/mol. The Hall–Kier alpha value is -2.02. The third-order valence-electron chi connectivity index (χ3n) is 3.17. The number of aromatic nitrogens is 1. The van der Waals surface area contributed by atoms with Crippen LogP contribution in [0.3, 0.4) is 0 Å². The fraction of sp³-hybridized carbons (Fsp3) is 0.375. The van der Waals surface area contributed by atoms with Crippen molar-refractivity contribution in [2.24, 2.45) is 5.92 Å². The van der Waals surface area contributed by atoms with Crippen LogP contribution in [0, 0.1) is 5.92 Å². The molecule has 1 atom stereocenters. The molecule has 1 heterocycles. The second-order valence-corrected chi connectivity index (χ2v) is 6.52. The zero-order chi connectivity index (χ0) is 16.8. The minimum absolute atomic E-state index is 0.243. The summed E-state index contributed by atoms with van der Waals surface area (Å²) in [5, 5.41) is 15.1. The van der Waals surface area contributed by atoms with Crippen molar-refractivity contribution in [3.05, 3.63) is 34.9 Å². The van der Waals surface area contributed by atoms with Gasteiger partial charge in [-0.1, -0.05) is 34.9 Å². The molecule has 0 aliphatic carbocycles. The number of nitrogens with one attached hydrogen (secondary N) is 1. The first kappa shape index (κ1) is 17.3. The van der Waals surface area contributed by atoms with Gasteiger partial charge in [-0.25, -0.2) is 4.79 Å². The summed E-state index contributed by atoms with van der Waals surface area (Å²) in [7, 11) is 0. The van der Waals surface area contributed by atoms with Crippen molar-refractivity contribution in [1.29, 1.82) is 0 Å². The molecule has 2 aromatic rings. The van der Waals surface area contributed by atoms with Gasteiger partial charge in [-0.3, -0.25) is 0 Å². The standard InChI is InChI=1S/C16H19BrN2O4/c1-10(2)7-12(19-16(20)21)9-22-14-4-3-11(17)8-13(14)15-5-6-18-23-15/h3-6,8,10,12,19H,7,9H2,1-2H3,(H,20,21). The monoisotopic (exact) mass is 382 g/mol. The van der Waals surface area contributed by atoms with Crippen molar-refractivity contribution in [3.8, 4) is 17.1 Å². The predicted octanol–water partition coefficient (Wildman–Crippen LogP) is 4.17. The Balaban J connectivity index is 2.14. The van der Waals surface area contributed by atoms with Gasteiger partial charge in [-0.05, 0) is 30.5 Å². The number of hydrogen-bond acceptors (Lipinski definition) is 4. The number of benzene rings is 1. The van der Waals surface area contributed by atoms with Crippen molar-refractivity contribution in [2.45, 2.75) is 26.3 Å². The fourth-order valence-corrected chi connectivity index (χ4v) is 2.64. The van der Waals surface area contributed by atoms with Crippen LogP contribution in [-0.2, 0) is 0 Å². The molecule has 0 spiro atoms. The Morgan fingerprint density at radius 1 is 1.43 bits per heavy atom. The fourth-order valence-electron chi connectivity index (χ4n) is 2.28. The first-order chi connectivity index (χ1) is 11.0. The van der Waals surface area contributed by atoms with E-state index in [0.29, 0.717) is 23.8 Å². The van der Waals surface area contributed by atoms with Crippen molar-refractivity contribution in [3.63, 3.8) is 0 Å². The van der Waals surface area contributed by atoms with Gasteiger partial charge in [0.25, 0.3) is 0 Å². The molecule has 124 valence electrons. The number of rotatable bonds is 7. The highest BCUT2D eigenvalue weighted by molar-refractivity contribution is 9.10. The van der Waals surface area contributed by atoms with Gasteiger partial charge >= 0.3 is 6.09 Å². The molecule has 1 aromatic heterocycles. The van der Waals surface area contributed by atoms with E-state index in [-0.39, 0.29) is 12.6 Å². The molecule has 7 heteroatoms. The smallest absolute Gasteiger partial charge is 0.404 e. The van der Waals surface area contributed by atoms with Crippen molar-refractivity contribution in [2.75, 3.05) is 6.61 Å². The van der Waals surface area contributed by atoms with E-state index in [2.05, 4.69) is 26.4 Å². The average Bonchev–Trinajstić information content (AvgIpc) is 2.98. The lowest BCUT2D eigenvalue weighted by atomic mass is 10.0. The lowest BCUT2D eigenvalue weighted by Crippen LogP contribution is -2.39. The zero-order valence-electron chi connectivity index (χ0n) is 13.0. The number of hydrogen-bond donors (Lipinski definition) is 2. The molecule has 0 bridgehead atoms. The summed E-state index contributed by atoms with van der Waals surface area (Å²) < 4.78 is 11.9. The molecule has 0 saturated heterocycles. The van der Waals surface area contributed by atoms with Crippen LogP contribution in [0.1, 0.15) is 20.3 Å². The summed E-state index contributed by atoms with van der Waals surface area (Å²) in [6, 6.07) is 7.01. The molecule has 2 rings (SSSR count). The molecule has 1 aromatic carbocycles. The zero-order valence-corrected chi connectivity index (χ0v) is 14.5. The lowest BCUT2D eigenvalue weighted by molar-refractivity contribution is 0.176. The number of amides is 1. The molecule has 0 aliphatic heterocycles. The molecule has 1 amide bonds. The Bertz CT molecular complexity index is 644. The largest absolute Gasteiger partial charge is 0.491 e. The highest BCUT2D eigenvalue weighted by atomic mass is 79.9. The topological polar surface area (TPSA) is 84.6 Å². The average molecular weight is 383 g/mol. The van der Waals surface area contributed by atoms with Crippen molar-refractivity contribution >= 4 is 22.0 Å². The molecule has 23 heavy (non-hydrogen) atoms. The summed E-state index contributed by atoms with van der Waals surface area (Å²) in [5.74, 6) is 1.56. The summed E-state index contributed by atoms with van der Waals surface area (Å²) in [5.41, 5.74) is 0.760. The second-order valence-electron chi connectivity index (χ2n) is 5.60. The van der Waals surface area contributed by atoms with E-state index < -0.39 is 6.09 Å². The molecule has 0 saturated carbocycles. The van der Waals surface area contributed by atoms with Gasteiger partial charge in [0.2, 0.25) is 0 Å².